The number of halogens is 1. The van der Waals surface area contributed by atoms with Gasteiger partial charge in [0.05, 0.1) is 24.3 Å². The fourth-order valence-corrected chi connectivity index (χ4v) is 5.41. The molecule has 1 aliphatic heterocycles. The molecule has 1 aliphatic rings. The van der Waals surface area contributed by atoms with Crippen LogP contribution in [0.15, 0.2) is 47.4 Å². The molecule has 1 fully saturated rings. The molecule has 2 aromatic carbocycles. The standard InChI is InChI=1S/C23H30ClN3O4S/c1-16(17-5-8-19(9-6-17)27-11-13-31-14-12-27)25-22(28)18-7-10-20(24)21(15-18)32(29,30)26-23(2,3)4/h5-10,15-16,26H,11-14H2,1-4H3,(H,25,28). The van der Waals surface area contributed by atoms with Gasteiger partial charge in [0.1, 0.15) is 4.90 Å². The number of hydrogen-bond donors (Lipinski definition) is 2. The number of ether oxygens (including phenoxy) is 1. The van der Waals surface area contributed by atoms with E-state index in [-0.39, 0.29) is 27.4 Å². The maximum Gasteiger partial charge on any atom is 0.251 e. The number of anilines is 1. The van der Waals surface area contributed by atoms with Gasteiger partial charge in [-0.2, -0.15) is 0 Å². The fraction of sp³-hybridized carbons (Fsp3) is 0.435. The van der Waals surface area contributed by atoms with Crippen LogP contribution in [0.4, 0.5) is 5.69 Å². The lowest BCUT2D eigenvalue weighted by atomic mass is 10.1. The second kappa shape index (κ2) is 9.79. The molecule has 9 heteroatoms. The summed E-state index contributed by atoms with van der Waals surface area (Å²) in [7, 11) is -3.88. The van der Waals surface area contributed by atoms with Crippen molar-refractivity contribution >= 4 is 33.2 Å². The minimum absolute atomic E-state index is 0.0602. The van der Waals surface area contributed by atoms with Gasteiger partial charge in [-0.05, 0) is 63.6 Å². The average molecular weight is 480 g/mol. The molecule has 1 saturated heterocycles. The number of sulfonamides is 1. The molecule has 1 atom stereocenters. The molecule has 0 spiro atoms. The number of hydrogen-bond acceptors (Lipinski definition) is 5. The lowest BCUT2D eigenvalue weighted by Gasteiger charge is -2.29. The van der Waals surface area contributed by atoms with E-state index in [1.807, 2.05) is 31.2 Å². The Labute approximate surface area is 195 Å². The average Bonchev–Trinajstić information content (AvgIpc) is 2.73. The van der Waals surface area contributed by atoms with Gasteiger partial charge in [0.15, 0.2) is 0 Å². The van der Waals surface area contributed by atoms with Crippen molar-refractivity contribution in [2.24, 2.45) is 0 Å². The third-order valence-electron chi connectivity index (χ3n) is 5.04. The van der Waals surface area contributed by atoms with Gasteiger partial charge in [0, 0.05) is 29.9 Å². The van der Waals surface area contributed by atoms with E-state index in [0.717, 1.165) is 37.6 Å². The number of carbonyl (C=O) groups is 1. The molecule has 174 valence electrons. The molecule has 32 heavy (non-hydrogen) atoms. The Hall–Kier alpha value is -2.13. The first kappa shape index (κ1) is 24.5. The zero-order valence-electron chi connectivity index (χ0n) is 18.8. The Morgan fingerprint density at radius 1 is 1.09 bits per heavy atom. The van der Waals surface area contributed by atoms with Crippen LogP contribution in [0.3, 0.4) is 0 Å². The van der Waals surface area contributed by atoms with E-state index in [9.17, 15) is 13.2 Å². The Balaban J connectivity index is 1.72. The number of morpholine rings is 1. The van der Waals surface area contributed by atoms with Crippen LogP contribution in [-0.2, 0) is 14.8 Å². The molecule has 0 aliphatic carbocycles. The molecule has 0 saturated carbocycles. The van der Waals surface area contributed by atoms with E-state index >= 15 is 0 Å². The summed E-state index contributed by atoms with van der Waals surface area (Å²) in [5.74, 6) is -0.376. The lowest BCUT2D eigenvalue weighted by Crippen LogP contribution is -2.40. The zero-order chi connectivity index (χ0) is 23.5. The second-order valence-corrected chi connectivity index (χ2v) is 10.9. The SMILES string of the molecule is CC(NC(=O)c1ccc(Cl)c(S(=O)(=O)NC(C)(C)C)c1)c1ccc(N2CCOCC2)cc1. The summed E-state index contributed by atoms with van der Waals surface area (Å²) in [5.41, 5.74) is 1.61. The second-order valence-electron chi connectivity index (χ2n) is 8.89. The Morgan fingerprint density at radius 3 is 2.31 bits per heavy atom. The van der Waals surface area contributed by atoms with Gasteiger partial charge >= 0.3 is 0 Å². The first-order valence-electron chi connectivity index (χ1n) is 10.5. The molecule has 0 bridgehead atoms. The van der Waals surface area contributed by atoms with Crippen LogP contribution in [0.2, 0.25) is 5.02 Å². The maximum atomic E-state index is 12.8. The number of rotatable bonds is 6. The third kappa shape index (κ3) is 6.22. The molecule has 0 radical (unpaired) electrons. The molecule has 1 heterocycles. The number of nitrogens with one attached hydrogen (secondary N) is 2. The topological polar surface area (TPSA) is 87.7 Å². The largest absolute Gasteiger partial charge is 0.378 e. The monoisotopic (exact) mass is 479 g/mol. The predicted octanol–water partition coefficient (Wildman–Crippen LogP) is 3.74. The fourth-order valence-electron chi connectivity index (χ4n) is 3.47. The van der Waals surface area contributed by atoms with E-state index in [4.69, 9.17) is 16.3 Å². The molecule has 1 amide bonds. The van der Waals surface area contributed by atoms with Crippen LogP contribution in [0.25, 0.3) is 0 Å². The van der Waals surface area contributed by atoms with Gasteiger partial charge in [-0.15, -0.1) is 0 Å². The summed E-state index contributed by atoms with van der Waals surface area (Å²) >= 11 is 6.13. The normalized spacial score (nSPS) is 16.0. The molecule has 2 aromatic rings. The molecule has 3 rings (SSSR count). The summed E-state index contributed by atoms with van der Waals surface area (Å²) < 4.78 is 33.4. The van der Waals surface area contributed by atoms with Crippen molar-refractivity contribution in [1.29, 1.82) is 0 Å². The highest BCUT2D eigenvalue weighted by Crippen LogP contribution is 2.25. The van der Waals surface area contributed by atoms with Crippen LogP contribution < -0.4 is 14.9 Å². The van der Waals surface area contributed by atoms with Crippen molar-refractivity contribution < 1.29 is 17.9 Å². The summed E-state index contributed by atoms with van der Waals surface area (Å²) in [6.07, 6.45) is 0. The molecular formula is C23H30ClN3O4S. The maximum absolute atomic E-state index is 12.8. The van der Waals surface area contributed by atoms with Gasteiger partial charge in [-0.25, -0.2) is 13.1 Å². The highest BCUT2D eigenvalue weighted by Gasteiger charge is 2.25. The minimum atomic E-state index is -3.88. The number of amides is 1. The van der Waals surface area contributed by atoms with Gasteiger partial charge in [0.2, 0.25) is 10.0 Å². The van der Waals surface area contributed by atoms with E-state index in [2.05, 4.69) is 14.9 Å². The lowest BCUT2D eigenvalue weighted by molar-refractivity contribution is 0.0939. The number of carbonyl (C=O) groups excluding carboxylic acids is 1. The summed E-state index contributed by atoms with van der Waals surface area (Å²) in [5, 5.41) is 2.99. The number of nitrogens with zero attached hydrogens (tertiary/aromatic N) is 1. The first-order valence-corrected chi connectivity index (χ1v) is 12.4. The third-order valence-corrected chi connectivity index (χ3v) is 7.28. The van der Waals surface area contributed by atoms with Gasteiger partial charge < -0.3 is 15.0 Å². The van der Waals surface area contributed by atoms with Crippen molar-refractivity contribution in [3.63, 3.8) is 0 Å². The highest BCUT2D eigenvalue weighted by atomic mass is 35.5. The van der Waals surface area contributed by atoms with Crippen LogP contribution in [0.5, 0.6) is 0 Å². The first-order chi connectivity index (χ1) is 15.0. The zero-order valence-corrected chi connectivity index (χ0v) is 20.4. The van der Waals surface area contributed by atoms with Crippen LogP contribution in [0, 0.1) is 0 Å². The van der Waals surface area contributed by atoms with Gasteiger partial charge in [0.25, 0.3) is 5.91 Å². The smallest absolute Gasteiger partial charge is 0.251 e. The van der Waals surface area contributed by atoms with Crippen molar-refractivity contribution in [1.82, 2.24) is 10.0 Å². The molecule has 1 unspecified atom stereocenters. The van der Waals surface area contributed by atoms with Crippen molar-refractivity contribution in [3.8, 4) is 0 Å². The Kier molecular flexibility index (Phi) is 7.50. The highest BCUT2D eigenvalue weighted by molar-refractivity contribution is 7.89. The van der Waals surface area contributed by atoms with Crippen molar-refractivity contribution in [2.75, 3.05) is 31.2 Å². The summed E-state index contributed by atoms with van der Waals surface area (Å²) in [6.45, 7) is 10.3. The van der Waals surface area contributed by atoms with Gasteiger partial charge in [-0.1, -0.05) is 23.7 Å². The van der Waals surface area contributed by atoms with Crippen LogP contribution >= 0.6 is 11.6 Å². The van der Waals surface area contributed by atoms with Crippen molar-refractivity contribution in [2.45, 2.75) is 44.2 Å². The van der Waals surface area contributed by atoms with E-state index in [0.29, 0.717) is 0 Å². The predicted molar refractivity (Wildman–Crippen MR) is 127 cm³/mol. The van der Waals surface area contributed by atoms with E-state index in [1.54, 1.807) is 20.8 Å². The minimum Gasteiger partial charge on any atom is -0.378 e. The van der Waals surface area contributed by atoms with Crippen LogP contribution in [0.1, 0.15) is 49.7 Å². The molecule has 2 N–H and O–H groups in total. The Morgan fingerprint density at radius 2 is 1.72 bits per heavy atom. The quantitative estimate of drug-likeness (QED) is 0.658. The van der Waals surface area contributed by atoms with E-state index < -0.39 is 15.6 Å². The van der Waals surface area contributed by atoms with Crippen molar-refractivity contribution in [3.05, 3.63) is 58.6 Å². The molecule has 0 aromatic heterocycles. The molecule has 7 nitrogen and oxygen atoms in total. The Bertz CT molecular complexity index is 1060. The number of benzene rings is 2. The summed E-state index contributed by atoms with van der Waals surface area (Å²) in [6, 6.07) is 12.0. The molecular weight excluding hydrogens is 450 g/mol. The summed E-state index contributed by atoms with van der Waals surface area (Å²) in [4.78, 5) is 15.0. The van der Waals surface area contributed by atoms with E-state index in [1.165, 1.54) is 18.2 Å². The van der Waals surface area contributed by atoms with Gasteiger partial charge in [-0.3, -0.25) is 4.79 Å². The van der Waals surface area contributed by atoms with Crippen LogP contribution in [-0.4, -0.2) is 46.2 Å².